The predicted octanol–water partition coefficient (Wildman–Crippen LogP) is 0.648. The lowest BCUT2D eigenvalue weighted by Gasteiger charge is -2.37. The van der Waals surface area contributed by atoms with Crippen LogP contribution in [0.25, 0.3) is 0 Å². The summed E-state index contributed by atoms with van der Waals surface area (Å²) >= 11 is 0. The SMILES string of the molecule is CC.O=C(CO)N1CCC(CN2CCC(O)C(F)C2)CC1. The van der Waals surface area contributed by atoms with Crippen LogP contribution < -0.4 is 0 Å². The van der Waals surface area contributed by atoms with Crippen molar-refractivity contribution in [2.75, 3.05) is 39.3 Å². The molecule has 2 heterocycles. The Morgan fingerprint density at radius 2 is 1.81 bits per heavy atom. The second-order valence-electron chi connectivity index (χ2n) is 5.61. The van der Waals surface area contributed by atoms with Gasteiger partial charge in [0.15, 0.2) is 0 Å². The molecular weight excluding hydrogens is 275 g/mol. The third-order valence-corrected chi connectivity index (χ3v) is 4.21. The minimum absolute atomic E-state index is 0.205. The fourth-order valence-electron chi connectivity index (χ4n) is 2.95. The average molecular weight is 304 g/mol. The van der Waals surface area contributed by atoms with Crippen molar-refractivity contribution in [3.8, 4) is 0 Å². The van der Waals surface area contributed by atoms with E-state index in [1.165, 1.54) is 0 Å². The van der Waals surface area contributed by atoms with Gasteiger partial charge in [0.05, 0.1) is 6.10 Å². The van der Waals surface area contributed by atoms with Crippen molar-refractivity contribution in [2.45, 2.75) is 45.4 Å². The van der Waals surface area contributed by atoms with E-state index in [9.17, 15) is 14.3 Å². The minimum atomic E-state index is -1.13. The zero-order valence-electron chi connectivity index (χ0n) is 13.2. The summed E-state index contributed by atoms with van der Waals surface area (Å²) in [7, 11) is 0. The highest BCUT2D eigenvalue weighted by Crippen LogP contribution is 2.21. The van der Waals surface area contributed by atoms with Gasteiger partial charge >= 0.3 is 0 Å². The molecule has 124 valence electrons. The van der Waals surface area contributed by atoms with Gasteiger partial charge in [0.2, 0.25) is 5.91 Å². The molecule has 0 saturated carbocycles. The van der Waals surface area contributed by atoms with Crippen LogP contribution in [0.15, 0.2) is 0 Å². The number of alkyl halides is 1. The van der Waals surface area contributed by atoms with Crippen LogP contribution in [0.1, 0.15) is 33.1 Å². The lowest BCUT2D eigenvalue weighted by molar-refractivity contribution is -0.135. The third-order valence-electron chi connectivity index (χ3n) is 4.21. The van der Waals surface area contributed by atoms with Gasteiger partial charge in [0.25, 0.3) is 0 Å². The van der Waals surface area contributed by atoms with Crippen LogP contribution in [0.5, 0.6) is 0 Å². The Hall–Kier alpha value is -0.720. The van der Waals surface area contributed by atoms with E-state index in [1.807, 2.05) is 13.8 Å². The number of halogens is 1. The zero-order chi connectivity index (χ0) is 15.8. The molecule has 0 aliphatic carbocycles. The number of amides is 1. The summed E-state index contributed by atoms with van der Waals surface area (Å²) in [5.41, 5.74) is 0. The number of likely N-dealkylation sites (tertiary alicyclic amines) is 2. The molecule has 0 aromatic heterocycles. The summed E-state index contributed by atoms with van der Waals surface area (Å²) in [5, 5.41) is 18.2. The second kappa shape index (κ2) is 9.33. The lowest BCUT2D eigenvalue weighted by Crippen LogP contribution is -2.48. The van der Waals surface area contributed by atoms with E-state index in [4.69, 9.17) is 5.11 Å². The maximum Gasteiger partial charge on any atom is 0.248 e. The van der Waals surface area contributed by atoms with Crippen molar-refractivity contribution in [1.82, 2.24) is 9.80 Å². The van der Waals surface area contributed by atoms with Gasteiger partial charge in [0, 0.05) is 32.7 Å². The van der Waals surface area contributed by atoms with E-state index in [2.05, 4.69) is 4.90 Å². The van der Waals surface area contributed by atoms with Crippen LogP contribution >= 0.6 is 0 Å². The Morgan fingerprint density at radius 3 is 2.33 bits per heavy atom. The highest BCUT2D eigenvalue weighted by molar-refractivity contribution is 5.77. The van der Waals surface area contributed by atoms with E-state index < -0.39 is 18.9 Å². The quantitative estimate of drug-likeness (QED) is 0.803. The molecule has 2 aliphatic heterocycles. The zero-order valence-corrected chi connectivity index (χ0v) is 13.2. The smallest absolute Gasteiger partial charge is 0.248 e. The molecule has 0 radical (unpaired) electrons. The van der Waals surface area contributed by atoms with Crippen LogP contribution in [0.3, 0.4) is 0 Å². The van der Waals surface area contributed by atoms with Crippen molar-refractivity contribution < 1.29 is 19.4 Å². The number of piperidine rings is 2. The Bertz CT molecular complexity index is 309. The van der Waals surface area contributed by atoms with Gasteiger partial charge in [-0.05, 0) is 25.2 Å². The van der Waals surface area contributed by atoms with Crippen molar-refractivity contribution in [2.24, 2.45) is 5.92 Å². The molecule has 2 fully saturated rings. The highest BCUT2D eigenvalue weighted by atomic mass is 19.1. The number of hydrogen-bond donors (Lipinski definition) is 2. The van der Waals surface area contributed by atoms with Gasteiger partial charge in [-0.2, -0.15) is 0 Å². The van der Waals surface area contributed by atoms with E-state index in [1.54, 1.807) is 4.90 Å². The highest BCUT2D eigenvalue weighted by Gasteiger charge is 2.30. The van der Waals surface area contributed by atoms with Gasteiger partial charge in [0.1, 0.15) is 12.8 Å². The van der Waals surface area contributed by atoms with Crippen molar-refractivity contribution in [1.29, 1.82) is 0 Å². The third kappa shape index (κ3) is 5.52. The first-order valence-corrected chi connectivity index (χ1v) is 8.03. The van der Waals surface area contributed by atoms with Crippen LogP contribution in [-0.4, -0.2) is 77.5 Å². The van der Waals surface area contributed by atoms with E-state index in [-0.39, 0.29) is 5.91 Å². The van der Waals surface area contributed by atoms with Gasteiger partial charge in [-0.3, -0.25) is 9.69 Å². The number of rotatable bonds is 3. The molecule has 1 amide bonds. The first-order valence-electron chi connectivity index (χ1n) is 8.03. The molecule has 2 rings (SSSR count). The van der Waals surface area contributed by atoms with Crippen molar-refractivity contribution in [3.05, 3.63) is 0 Å². The minimum Gasteiger partial charge on any atom is -0.390 e. The number of aliphatic hydroxyl groups is 2. The average Bonchev–Trinajstić information content (AvgIpc) is 2.53. The molecule has 2 unspecified atom stereocenters. The lowest BCUT2D eigenvalue weighted by atomic mass is 9.94. The summed E-state index contributed by atoms with van der Waals surface area (Å²) in [5.74, 6) is 0.272. The molecule has 6 heteroatoms. The fraction of sp³-hybridized carbons (Fsp3) is 0.933. The summed E-state index contributed by atoms with van der Waals surface area (Å²) in [6.45, 7) is 6.85. The molecule has 0 aromatic rings. The maximum atomic E-state index is 13.4. The van der Waals surface area contributed by atoms with Crippen LogP contribution in [-0.2, 0) is 4.79 Å². The van der Waals surface area contributed by atoms with E-state index >= 15 is 0 Å². The molecule has 2 N–H and O–H groups in total. The molecule has 2 atom stereocenters. The number of aliphatic hydroxyl groups excluding tert-OH is 2. The van der Waals surface area contributed by atoms with Crippen LogP contribution in [0, 0.1) is 5.92 Å². The second-order valence-corrected chi connectivity index (χ2v) is 5.61. The van der Waals surface area contributed by atoms with Crippen LogP contribution in [0.4, 0.5) is 4.39 Å². The normalized spacial score (nSPS) is 28.0. The summed E-state index contributed by atoms with van der Waals surface area (Å²) in [6.07, 6.45) is 0.372. The van der Waals surface area contributed by atoms with Gasteiger partial charge in [-0.15, -0.1) is 0 Å². The van der Waals surface area contributed by atoms with Gasteiger partial charge in [-0.1, -0.05) is 13.8 Å². The maximum absolute atomic E-state index is 13.4. The Balaban J connectivity index is 0.00000106. The first kappa shape index (κ1) is 18.3. The Morgan fingerprint density at radius 1 is 1.19 bits per heavy atom. The predicted molar refractivity (Wildman–Crippen MR) is 79.7 cm³/mol. The number of nitrogens with zero attached hydrogens (tertiary/aromatic N) is 2. The van der Waals surface area contributed by atoms with Crippen molar-refractivity contribution in [3.63, 3.8) is 0 Å². The molecule has 0 aromatic carbocycles. The molecule has 5 nitrogen and oxygen atoms in total. The summed E-state index contributed by atoms with van der Waals surface area (Å²) < 4.78 is 13.4. The van der Waals surface area contributed by atoms with Gasteiger partial charge in [-0.25, -0.2) is 4.39 Å². The molecule has 2 aliphatic rings. The Kier molecular flexibility index (Phi) is 8.14. The molecular formula is C15H29FN2O3. The summed E-state index contributed by atoms with van der Waals surface area (Å²) in [4.78, 5) is 15.1. The fourth-order valence-corrected chi connectivity index (χ4v) is 2.95. The van der Waals surface area contributed by atoms with E-state index in [0.29, 0.717) is 32.0 Å². The molecule has 0 bridgehead atoms. The van der Waals surface area contributed by atoms with Crippen molar-refractivity contribution >= 4 is 5.91 Å². The van der Waals surface area contributed by atoms with E-state index in [0.717, 1.165) is 25.9 Å². The largest absolute Gasteiger partial charge is 0.390 e. The number of carbonyl (C=O) groups excluding carboxylic acids is 1. The summed E-state index contributed by atoms with van der Waals surface area (Å²) in [6, 6.07) is 0. The standard InChI is InChI=1S/C13H23FN2O3.C2H6/c14-11-8-15(4-3-12(11)18)7-10-1-5-16(6-2-10)13(19)9-17;1-2/h10-12,17-18H,1-9H2;1-2H3. The van der Waals surface area contributed by atoms with Crippen LogP contribution in [0.2, 0.25) is 0 Å². The number of hydrogen-bond acceptors (Lipinski definition) is 4. The van der Waals surface area contributed by atoms with Gasteiger partial charge < -0.3 is 15.1 Å². The molecule has 0 spiro atoms. The first-order chi connectivity index (χ1) is 10.1. The molecule has 2 saturated heterocycles. The Labute approximate surface area is 126 Å². The topological polar surface area (TPSA) is 64.0 Å². The number of carbonyl (C=O) groups is 1. The monoisotopic (exact) mass is 304 g/mol. The molecule has 21 heavy (non-hydrogen) atoms.